The van der Waals surface area contributed by atoms with Crippen LogP contribution in [0.25, 0.3) is 0 Å². The monoisotopic (exact) mass is 340 g/mol. The van der Waals surface area contributed by atoms with Gasteiger partial charge < -0.3 is 10.1 Å². The van der Waals surface area contributed by atoms with E-state index in [-0.39, 0.29) is 11.7 Å². The number of fused-ring (bicyclic) bond motifs is 1. The SMILES string of the molecule is O=C1NC[C@@]2(CCCN(Cc3ccc(F)cc3)C2)Oc2ccccc21. The van der Waals surface area contributed by atoms with Crippen molar-refractivity contribution < 1.29 is 13.9 Å². The molecule has 1 amide bonds. The van der Waals surface area contributed by atoms with Crippen molar-refractivity contribution >= 4 is 5.91 Å². The molecule has 130 valence electrons. The molecule has 0 saturated carbocycles. The van der Waals surface area contributed by atoms with E-state index in [9.17, 15) is 9.18 Å². The van der Waals surface area contributed by atoms with Gasteiger partial charge in [0.05, 0.1) is 12.1 Å². The Morgan fingerprint density at radius 1 is 1.16 bits per heavy atom. The van der Waals surface area contributed by atoms with Crippen molar-refractivity contribution in [3.05, 3.63) is 65.5 Å². The molecule has 2 aromatic carbocycles. The molecule has 0 radical (unpaired) electrons. The molecular weight excluding hydrogens is 319 g/mol. The quantitative estimate of drug-likeness (QED) is 0.914. The summed E-state index contributed by atoms with van der Waals surface area (Å²) in [5, 5.41) is 3.01. The maximum Gasteiger partial charge on any atom is 0.255 e. The second-order valence-electron chi connectivity index (χ2n) is 6.90. The average molecular weight is 340 g/mol. The first-order valence-corrected chi connectivity index (χ1v) is 8.67. The number of amides is 1. The highest BCUT2D eigenvalue weighted by molar-refractivity contribution is 5.97. The van der Waals surface area contributed by atoms with Gasteiger partial charge in [-0.05, 0) is 49.2 Å². The van der Waals surface area contributed by atoms with Gasteiger partial charge in [-0.1, -0.05) is 24.3 Å². The Morgan fingerprint density at radius 2 is 1.96 bits per heavy atom. The molecule has 0 bridgehead atoms. The number of halogens is 1. The van der Waals surface area contributed by atoms with E-state index in [1.807, 2.05) is 30.3 Å². The number of nitrogens with zero attached hydrogens (tertiary/aromatic N) is 1. The smallest absolute Gasteiger partial charge is 0.255 e. The van der Waals surface area contributed by atoms with E-state index in [2.05, 4.69) is 10.2 Å². The van der Waals surface area contributed by atoms with E-state index in [0.29, 0.717) is 17.9 Å². The summed E-state index contributed by atoms with van der Waals surface area (Å²) in [4.78, 5) is 14.6. The first-order chi connectivity index (χ1) is 12.1. The molecule has 0 unspecified atom stereocenters. The third-order valence-electron chi connectivity index (χ3n) is 4.97. The van der Waals surface area contributed by atoms with Gasteiger partial charge in [0.15, 0.2) is 0 Å². The van der Waals surface area contributed by atoms with Crippen molar-refractivity contribution in [2.45, 2.75) is 25.0 Å². The fraction of sp³-hybridized carbons (Fsp3) is 0.350. The third-order valence-corrected chi connectivity index (χ3v) is 4.97. The lowest BCUT2D eigenvalue weighted by molar-refractivity contribution is -0.00705. The van der Waals surface area contributed by atoms with Crippen LogP contribution in [-0.4, -0.2) is 36.0 Å². The Hall–Kier alpha value is -2.40. The lowest BCUT2D eigenvalue weighted by Gasteiger charge is -2.42. The normalized spacial score (nSPS) is 23.5. The highest BCUT2D eigenvalue weighted by Crippen LogP contribution is 2.32. The molecule has 0 aromatic heterocycles. The summed E-state index contributed by atoms with van der Waals surface area (Å²) in [5.74, 6) is 0.356. The highest BCUT2D eigenvalue weighted by atomic mass is 19.1. The van der Waals surface area contributed by atoms with Gasteiger partial charge in [0.1, 0.15) is 17.2 Å². The zero-order chi connectivity index (χ0) is 17.3. The maximum atomic E-state index is 13.1. The molecule has 2 heterocycles. The van der Waals surface area contributed by atoms with E-state index in [1.54, 1.807) is 6.07 Å². The summed E-state index contributed by atoms with van der Waals surface area (Å²) >= 11 is 0. The largest absolute Gasteiger partial charge is 0.483 e. The molecule has 1 fully saturated rings. The number of piperidine rings is 1. The summed E-state index contributed by atoms with van der Waals surface area (Å²) in [5.41, 5.74) is 1.26. The minimum absolute atomic E-state index is 0.0804. The van der Waals surface area contributed by atoms with Gasteiger partial charge >= 0.3 is 0 Å². The zero-order valence-corrected chi connectivity index (χ0v) is 14.0. The van der Waals surface area contributed by atoms with E-state index in [4.69, 9.17) is 4.74 Å². The van der Waals surface area contributed by atoms with Crippen LogP contribution in [0.2, 0.25) is 0 Å². The molecular formula is C20H21FN2O2. The van der Waals surface area contributed by atoms with E-state index in [0.717, 1.165) is 38.0 Å². The molecule has 2 aromatic rings. The van der Waals surface area contributed by atoms with Crippen molar-refractivity contribution in [3.63, 3.8) is 0 Å². The van der Waals surface area contributed by atoms with E-state index >= 15 is 0 Å². The van der Waals surface area contributed by atoms with Gasteiger partial charge in [0, 0.05) is 13.1 Å². The summed E-state index contributed by atoms with van der Waals surface area (Å²) in [7, 11) is 0. The molecule has 0 aliphatic carbocycles. The Labute approximate surface area is 146 Å². The third kappa shape index (κ3) is 3.37. The second-order valence-corrected chi connectivity index (χ2v) is 6.90. The van der Waals surface area contributed by atoms with E-state index in [1.165, 1.54) is 12.1 Å². The average Bonchev–Trinajstić information content (AvgIpc) is 2.75. The van der Waals surface area contributed by atoms with Crippen LogP contribution < -0.4 is 10.1 Å². The topological polar surface area (TPSA) is 41.6 Å². The number of carbonyl (C=O) groups excluding carboxylic acids is 1. The molecule has 2 aliphatic heterocycles. The Bertz CT molecular complexity index is 778. The van der Waals surface area contributed by atoms with Gasteiger partial charge in [0.25, 0.3) is 5.91 Å². The number of rotatable bonds is 2. The fourth-order valence-corrected chi connectivity index (χ4v) is 3.75. The number of benzene rings is 2. The Balaban J connectivity index is 1.53. The zero-order valence-electron chi connectivity index (χ0n) is 14.0. The number of ether oxygens (including phenoxy) is 1. The predicted octanol–water partition coefficient (Wildman–Crippen LogP) is 2.98. The van der Waals surface area contributed by atoms with Crippen molar-refractivity contribution in [2.75, 3.05) is 19.6 Å². The fourth-order valence-electron chi connectivity index (χ4n) is 3.75. The van der Waals surface area contributed by atoms with Crippen molar-refractivity contribution in [3.8, 4) is 5.75 Å². The number of hydrogen-bond acceptors (Lipinski definition) is 3. The maximum absolute atomic E-state index is 13.1. The van der Waals surface area contributed by atoms with Crippen LogP contribution in [0.3, 0.4) is 0 Å². The van der Waals surface area contributed by atoms with Crippen LogP contribution in [0, 0.1) is 5.82 Å². The minimum Gasteiger partial charge on any atom is -0.483 e. The molecule has 5 heteroatoms. The molecule has 1 atom stereocenters. The predicted molar refractivity (Wildman–Crippen MR) is 93.0 cm³/mol. The van der Waals surface area contributed by atoms with Crippen LogP contribution in [0.5, 0.6) is 5.75 Å². The van der Waals surface area contributed by atoms with Crippen LogP contribution in [0.1, 0.15) is 28.8 Å². The molecule has 25 heavy (non-hydrogen) atoms. The molecule has 1 N–H and O–H groups in total. The standard InChI is InChI=1S/C20H21FN2O2/c21-16-8-6-15(7-9-16)12-23-11-3-10-20(14-23)13-22-19(24)17-4-1-2-5-18(17)25-20/h1-2,4-9H,3,10-14H2,(H,22,24)/t20-/m1/s1. The number of likely N-dealkylation sites (tertiary alicyclic amines) is 1. The lowest BCUT2D eigenvalue weighted by atomic mass is 9.92. The first kappa shape index (κ1) is 16.1. The molecule has 1 spiro atoms. The number of para-hydroxylation sites is 1. The Morgan fingerprint density at radius 3 is 2.80 bits per heavy atom. The van der Waals surface area contributed by atoms with Crippen molar-refractivity contribution in [1.29, 1.82) is 0 Å². The lowest BCUT2D eigenvalue weighted by Crippen LogP contribution is -2.56. The van der Waals surface area contributed by atoms with Crippen LogP contribution in [0.4, 0.5) is 4.39 Å². The second kappa shape index (κ2) is 6.48. The molecule has 4 rings (SSSR count). The van der Waals surface area contributed by atoms with Crippen molar-refractivity contribution in [1.82, 2.24) is 10.2 Å². The van der Waals surface area contributed by atoms with E-state index < -0.39 is 5.60 Å². The van der Waals surface area contributed by atoms with Gasteiger partial charge in [-0.25, -0.2) is 4.39 Å². The number of hydrogen-bond donors (Lipinski definition) is 1. The van der Waals surface area contributed by atoms with Crippen LogP contribution >= 0.6 is 0 Å². The highest BCUT2D eigenvalue weighted by Gasteiger charge is 2.40. The molecule has 2 aliphatic rings. The van der Waals surface area contributed by atoms with Gasteiger partial charge in [-0.3, -0.25) is 9.69 Å². The van der Waals surface area contributed by atoms with Gasteiger partial charge in [-0.2, -0.15) is 0 Å². The first-order valence-electron chi connectivity index (χ1n) is 8.67. The summed E-state index contributed by atoms with van der Waals surface area (Å²) < 4.78 is 19.5. The molecule has 1 saturated heterocycles. The molecule has 4 nitrogen and oxygen atoms in total. The summed E-state index contributed by atoms with van der Waals surface area (Å²) in [6.07, 6.45) is 1.90. The van der Waals surface area contributed by atoms with Crippen LogP contribution in [-0.2, 0) is 6.54 Å². The van der Waals surface area contributed by atoms with Crippen molar-refractivity contribution in [2.24, 2.45) is 0 Å². The minimum atomic E-state index is -0.416. The Kier molecular flexibility index (Phi) is 4.17. The van der Waals surface area contributed by atoms with Gasteiger partial charge in [0.2, 0.25) is 0 Å². The number of nitrogens with one attached hydrogen (secondary N) is 1. The summed E-state index contributed by atoms with van der Waals surface area (Å²) in [6.45, 7) is 2.96. The summed E-state index contributed by atoms with van der Waals surface area (Å²) in [6, 6.07) is 14.0. The van der Waals surface area contributed by atoms with Crippen LogP contribution in [0.15, 0.2) is 48.5 Å². The number of carbonyl (C=O) groups is 1. The van der Waals surface area contributed by atoms with Gasteiger partial charge in [-0.15, -0.1) is 0 Å².